The number of thiophene rings is 2. The minimum absolute atomic E-state index is 0.359. The van der Waals surface area contributed by atoms with Crippen LogP contribution >= 0.6 is 22.7 Å². The molecule has 0 spiro atoms. The molecule has 0 amide bonds. The summed E-state index contributed by atoms with van der Waals surface area (Å²) >= 11 is 3.52. The molecule has 0 unspecified atom stereocenters. The lowest BCUT2D eigenvalue weighted by Gasteiger charge is -2.15. The smallest absolute Gasteiger partial charge is 0.161 e. The molecule has 0 aliphatic heterocycles. The normalized spacial score (nSPS) is 11.6. The number of para-hydroxylation sites is 1. The van der Waals surface area contributed by atoms with E-state index in [-0.39, 0.29) is 0 Å². The molecule has 0 saturated carbocycles. The molecule has 0 aliphatic rings. The van der Waals surface area contributed by atoms with Gasteiger partial charge in [-0.2, -0.15) is 10.5 Å². The van der Waals surface area contributed by atoms with E-state index in [1.807, 2.05) is 60.7 Å². The van der Waals surface area contributed by atoms with Gasteiger partial charge in [-0.25, -0.2) is 9.97 Å². The first-order chi connectivity index (χ1) is 27.2. The molecule has 0 bridgehead atoms. The van der Waals surface area contributed by atoms with Crippen molar-refractivity contribution >= 4 is 84.8 Å². The lowest BCUT2D eigenvalue weighted by atomic mass is 9.98. The first kappa shape index (κ1) is 31.4. The Morgan fingerprint density at radius 1 is 0.473 bits per heavy atom. The van der Waals surface area contributed by atoms with E-state index >= 15 is 0 Å². The second-order valence-corrected chi connectivity index (χ2v) is 15.7. The fraction of sp³-hybridized carbons (Fsp3) is 0. The predicted molar refractivity (Wildman–Crippen MR) is 228 cm³/mol. The SMILES string of the molecule is N#Cc1cc(-c2nc(-c3cccc4sc5ccccc5c34)nc(-c3ccccc3)c2C#N)ccc1-n1c2ccccc2c2cc3c(cc21)sc1ccccc13. The topological polar surface area (TPSA) is 78.3 Å². The van der Waals surface area contributed by atoms with Crippen molar-refractivity contribution in [1.82, 2.24) is 14.5 Å². The fourth-order valence-corrected chi connectivity index (χ4v) is 10.3. The Bertz CT molecular complexity index is 3470. The first-order valence-corrected chi connectivity index (χ1v) is 19.5. The van der Waals surface area contributed by atoms with Crippen LogP contribution in [0.2, 0.25) is 0 Å². The summed E-state index contributed by atoms with van der Waals surface area (Å²) in [5.74, 6) is 0.527. The lowest BCUT2D eigenvalue weighted by Crippen LogP contribution is -2.03. The summed E-state index contributed by atoms with van der Waals surface area (Å²) in [4.78, 5) is 10.3. The van der Waals surface area contributed by atoms with Gasteiger partial charge in [0.2, 0.25) is 0 Å². The third-order valence-corrected chi connectivity index (χ3v) is 12.8. The van der Waals surface area contributed by atoms with Crippen molar-refractivity contribution in [3.63, 3.8) is 0 Å². The number of aromatic nitrogens is 3. The molecule has 55 heavy (non-hydrogen) atoms. The van der Waals surface area contributed by atoms with Gasteiger partial charge in [0, 0.05) is 67.8 Å². The van der Waals surface area contributed by atoms with Gasteiger partial charge in [0.15, 0.2) is 5.82 Å². The molecule has 4 aromatic heterocycles. The molecular formula is C48H25N5S2. The zero-order valence-corrected chi connectivity index (χ0v) is 30.6. The minimum atomic E-state index is 0.359. The van der Waals surface area contributed by atoms with E-state index in [0.29, 0.717) is 33.9 Å². The number of fused-ring (bicyclic) bond motifs is 9. The van der Waals surface area contributed by atoms with E-state index in [9.17, 15) is 10.5 Å². The van der Waals surface area contributed by atoms with Crippen molar-refractivity contribution in [2.45, 2.75) is 0 Å². The van der Waals surface area contributed by atoms with Crippen LogP contribution in [0.3, 0.4) is 0 Å². The maximum atomic E-state index is 10.8. The molecule has 0 aliphatic carbocycles. The number of nitrogens with zero attached hydrogens (tertiary/aromatic N) is 5. The van der Waals surface area contributed by atoms with Gasteiger partial charge in [-0.3, -0.25) is 0 Å². The molecule has 254 valence electrons. The fourth-order valence-electron chi connectivity index (χ4n) is 8.08. The van der Waals surface area contributed by atoms with Crippen LogP contribution in [0.5, 0.6) is 0 Å². The van der Waals surface area contributed by atoms with Crippen molar-refractivity contribution in [2.75, 3.05) is 0 Å². The Labute approximate surface area is 322 Å². The second-order valence-electron chi connectivity index (χ2n) is 13.5. The Morgan fingerprint density at radius 2 is 1.15 bits per heavy atom. The van der Waals surface area contributed by atoms with Gasteiger partial charge in [-0.05, 0) is 48.5 Å². The highest BCUT2D eigenvalue weighted by molar-refractivity contribution is 7.26. The molecule has 0 N–H and O–H groups in total. The molecule has 11 aromatic rings. The summed E-state index contributed by atoms with van der Waals surface area (Å²) in [6, 6.07) is 56.7. The van der Waals surface area contributed by atoms with E-state index < -0.39 is 0 Å². The number of benzene rings is 7. The monoisotopic (exact) mass is 735 g/mol. The molecule has 0 radical (unpaired) electrons. The predicted octanol–water partition coefficient (Wildman–Crippen LogP) is 13.1. The van der Waals surface area contributed by atoms with Crippen LogP contribution in [-0.4, -0.2) is 14.5 Å². The van der Waals surface area contributed by atoms with Crippen molar-refractivity contribution in [3.8, 4) is 51.7 Å². The van der Waals surface area contributed by atoms with Gasteiger partial charge in [0.25, 0.3) is 0 Å². The van der Waals surface area contributed by atoms with Crippen LogP contribution < -0.4 is 0 Å². The molecule has 11 rings (SSSR count). The third-order valence-electron chi connectivity index (χ3n) is 10.5. The lowest BCUT2D eigenvalue weighted by molar-refractivity contribution is 1.16. The average Bonchev–Trinajstić information content (AvgIpc) is 3.91. The molecule has 4 heterocycles. The maximum absolute atomic E-state index is 10.8. The highest BCUT2D eigenvalue weighted by Gasteiger charge is 2.23. The van der Waals surface area contributed by atoms with Crippen molar-refractivity contribution in [2.24, 2.45) is 0 Å². The number of rotatable bonds is 4. The quantitative estimate of drug-likeness (QED) is 0.180. The van der Waals surface area contributed by atoms with Crippen LogP contribution in [0.1, 0.15) is 11.1 Å². The zero-order valence-electron chi connectivity index (χ0n) is 29.0. The van der Waals surface area contributed by atoms with Gasteiger partial charge in [0.1, 0.15) is 17.7 Å². The Balaban J connectivity index is 1.16. The largest absolute Gasteiger partial charge is 0.308 e. The summed E-state index contributed by atoms with van der Waals surface area (Å²) in [7, 11) is 0. The van der Waals surface area contributed by atoms with E-state index in [0.717, 1.165) is 54.1 Å². The molecule has 0 fully saturated rings. The molecular weight excluding hydrogens is 711 g/mol. The van der Waals surface area contributed by atoms with Crippen LogP contribution in [-0.2, 0) is 0 Å². The molecule has 0 atom stereocenters. The summed E-state index contributed by atoms with van der Waals surface area (Å²) < 4.78 is 6.98. The van der Waals surface area contributed by atoms with Crippen molar-refractivity contribution < 1.29 is 0 Å². The Kier molecular flexibility index (Phi) is 6.96. The Morgan fingerprint density at radius 3 is 1.95 bits per heavy atom. The second kappa shape index (κ2) is 12.2. The van der Waals surface area contributed by atoms with Gasteiger partial charge < -0.3 is 4.57 Å². The van der Waals surface area contributed by atoms with Crippen LogP contribution in [0.15, 0.2) is 152 Å². The third kappa shape index (κ3) is 4.75. The molecule has 0 saturated heterocycles. The first-order valence-electron chi connectivity index (χ1n) is 17.9. The molecule has 7 heteroatoms. The van der Waals surface area contributed by atoms with Gasteiger partial charge in [-0.15, -0.1) is 22.7 Å². The van der Waals surface area contributed by atoms with E-state index in [2.05, 4.69) is 108 Å². The standard InChI is InChI=1S/C48H25N5S2/c49-26-30-23-29(21-22-38(30)53-39-17-7-4-13-31(39)35-24-36-32-14-5-8-18-41(32)55-44(36)25-40(35)53)47-37(27-50)46(28-11-2-1-3-12-28)51-48(52-47)34-16-10-20-43-45(34)33-15-6-9-19-42(33)54-43/h1-25H. The van der Waals surface area contributed by atoms with Crippen LogP contribution in [0, 0.1) is 22.7 Å². The maximum Gasteiger partial charge on any atom is 0.161 e. The average molecular weight is 736 g/mol. The van der Waals surface area contributed by atoms with Crippen LogP contribution in [0.4, 0.5) is 0 Å². The van der Waals surface area contributed by atoms with Crippen LogP contribution in [0.25, 0.3) is 102 Å². The number of hydrogen-bond donors (Lipinski definition) is 0. The van der Waals surface area contributed by atoms with Crippen molar-refractivity contribution in [1.29, 1.82) is 10.5 Å². The van der Waals surface area contributed by atoms with Gasteiger partial charge in [0.05, 0.1) is 33.7 Å². The summed E-state index contributed by atoms with van der Waals surface area (Å²) in [6.07, 6.45) is 0. The zero-order chi connectivity index (χ0) is 36.6. The van der Waals surface area contributed by atoms with Gasteiger partial charge >= 0.3 is 0 Å². The van der Waals surface area contributed by atoms with E-state index in [1.54, 1.807) is 22.7 Å². The molecule has 7 aromatic carbocycles. The van der Waals surface area contributed by atoms with E-state index in [4.69, 9.17) is 9.97 Å². The number of nitriles is 2. The van der Waals surface area contributed by atoms with Gasteiger partial charge in [-0.1, -0.05) is 103 Å². The Hall–Kier alpha value is -7.16. The number of hydrogen-bond acceptors (Lipinski definition) is 6. The minimum Gasteiger partial charge on any atom is -0.308 e. The highest BCUT2D eigenvalue weighted by atomic mass is 32.1. The summed E-state index contributed by atoms with van der Waals surface area (Å²) in [6.45, 7) is 0. The summed E-state index contributed by atoms with van der Waals surface area (Å²) in [5, 5.41) is 28.6. The van der Waals surface area contributed by atoms with Crippen molar-refractivity contribution in [3.05, 3.63) is 163 Å². The highest BCUT2D eigenvalue weighted by Crippen LogP contribution is 2.43. The van der Waals surface area contributed by atoms with E-state index in [1.165, 1.54) is 24.9 Å². The molecule has 5 nitrogen and oxygen atoms in total. The summed E-state index contributed by atoms with van der Waals surface area (Å²) in [5.41, 5.74) is 7.09.